The van der Waals surface area contributed by atoms with E-state index in [4.69, 9.17) is 4.74 Å². The summed E-state index contributed by atoms with van der Waals surface area (Å²) in [7, 11) is 0. The Morgan fingerprint density at radius 1 is 1.22 bits per heavy atom. The van der Waals surface area contributed by atoms with Crippen LogP contribution in [0.4, 0.5) is 0 Å². The van der Waals surface area contributed by atoms with Gasteiger partial charge in [-0.15, -0.1) is 0 Å². The van der Waals surface area contributed by atoms with Crippen LogP contribution in [-0.4, -0.2) is 13.2 Å². The average Bonchev–Trinajstić information content (AvgIpc) is 2.33. The van der Waals surface area contributed by atoms with Gasteiger partial charge < -0.3 is 10.1 Å². The van der Waals surface area contributed by atoms with Gasteiger partial charge in [-0.3, -0.25) is 0 Å². The highest BCUT2D eigenvalue weighted by molar-refractivity contribution is 5.29. The normalized spacial score (nSPS) is 17.2. The molecule has 0 aromatic heterocycles. The molecule has 1 aromatic carbocycles. The zero-order valence-electron chi connectivity index (χ0n) is 11.6. The van der Waals surface area contributed by atoms with Crippen molar-refractivity contribution < 1.29 is 4.74 Å². The SMILES string of the molecule is CCCNC(c1ccc(OCC)cc1)C1CCC1. The molecule has 100 valence electrons. The van der Waals surface area contributed by atoms with E-state index in [0.29, 0.717) is 6.04 Å². The fourth-order valence-electron chi connectivity index (χ4n) is 2.57. The van der Waals surface area contributed by atoms with Crippen LogP contribution in [0.15, 0.2) is 24.3 Å². The average molecular weight is 247 g/mol. The standard InChI is InChI=1S/C16H25NO/c1-3-12-17-16(13-6-5-7-13)14-8-10-15(11-9-14)18-4-2/h8-11,13,16-17H,3-7,12H2,1-2H3. The van der Waals surface area contributed by atoms with Crippen LogP contribution in [0.25, 0.3) is 0 Å². The first-order valence-electron chi connectivity index (χ1n) is 7.31. The molecule has 2 heteroatoms. The summed E-state index contributed by atoms with van der Waals surface area (Å²) in [5.41, 5.74) is 1.41. The quantitative estimate of drug-likeness (QED) is 0.788. The number of hydrogen-bond acceptors (Lipinski definition) is 2. The summed E-state index contributed by atoms with van der Waals surface area (Å²) in [6.45, 7) is 6.09. The molecule has 1 saturated carbocycles. The minimum absolute atomic E-state index is 0.536. The molecule has 2 nitrogen and oxygen atoms in total. The molecule has 2 rings (SSSR count). The maximum absolute atomic E-state index is 5.50. The molecule has 0 bridgehead atoms. The largest absolute Gasteiger partial charge is 0.494 e. The Kier molecular flexibility index (Phi) is 5.06. The van der Waals surface area contributed by atoms with Crippen LogP contribution in [0, 0.1) is 5.92 Å². The summed E-state index contributed by atoms with van der Waals surface area (Å²) in [4.78, 5) is 0. The molecule has 18 heavy (non-hydrogen) atoms. The van der Waals surface area contributed by atoms with E-state index in [-0.39, 0.29) is 0 Å². The van der Waals surface area contributed by atoms with Gasteiger partial charge in [-0.2, -0.15) is 0 Å². The molecule has 0 amide bonds. The lowest BCUT2D eigenvalue weighted by Crippen LogP contribution is -2.32. The van der Waals surface area contributed by atoms with Crippen LogP contribution in [0.2, 0.25) is 0 Å². The van der Waals surface area contributed by atoms with Crippen LogP contribution in [0.3, 0.4) is 0 Å². The van der Waals surface area contributed by atoms with Gasteiger partial charge in [0.2, 0.25) is 0 Å². The molecule has 1 aliphatic carbocycles. The Morgan fingerprint density at radius 3 is 2.44 bits per heavy atom. The number of hydrogen-bond donors (Lipinski definition) is 1. The molecule has 1 N–H and O–H groups in total. The topological polar surface area (TPSA) is 21.3 Å². The minimum Gasteiger partial charge on any atom is -0.494 e. The van der Waals surface area contributed by atoms with E-state index in [0.717, 1.165) is 24.8 Å². The third-order valence-corrected chi connectivity index (χ3v) is 3.79. The van der Waals surface area contributed by atoms with Gasteiger partial charge >= 0.3 is 0 Å². The van der Waals surface area contributed by atoms with Crippen molar-refractivity contribution in [3.63, 3.8) is 0 Å². The molecular formula is C16H25NO. The van der Waals surface area contributed by atoms with Crippen molar-refractivity contribution in [2.45, 2.75) is 45.6 Å². The molecule has 0 heterocycles. The molecule has 1 aromatic rings. The van der Waals surface area contributed by atoms with E-state index in [1.54, 1.807) is 0 Å². The first-order chi connectivity index (χ1) is 8.85. The zero-order valence-corrected chi connectivity index (χ0v) is 11.6. The van der Waals surface area contributed by atoms with Crippen LogP contribution >= 0.6 is 0 Å². The maximum atomic E-state index is 5.50. The van der Waals surface area contributed by atoms with E-state index < -0.39 is 0 Å². The summed E-state index contributed by atoms with van der Waals surface area (Å²) < 4.78 is 5.50. The molecular weight excluding hydrogens is 222 g/mol. The van der Waals surface area contributed by atoms with Crippen molar-refractivity contribution >= 4 is 0 Å². The van der Waals surface area contributed by atoms with E-state index in [1.165, 1.54) is 31.2 Å². The lowest BCUT2D eigenvalue weighted by molar-refractivity contribution is 0.231. The van der Waals surface area contributed by atoms with E-state index in [9.17, 15) is 0 Å². The third kappa shape index (κ3) is 3.26. The van der Waals surface area contributed by atoms with E-state index >= 15 is 0 Å². The van der Waals surface area contributed by atoms with Crippen molar-refractivity contribution in [2.75, 3.05) is 13.2 Å². The number of rotatable bonds is 7. The molecule has 1 unspecified atom stereocenters. The molecule has 0 radical (unpaired) electrons. The molecule has 0 aliphatic heterocycles. The van der Waals surface area contributed by atoms with Gasteiger partial charge in [0.15, 0.2) is 0 Å². The third-order valence-electron chi connectivity index (χ3n) is 3.79. The van der Waals surface area contributed by atoms with Crippen molar-refractivity contribution in [3.05, 3.63) is 29.8 Å². The lowest BCUT2D eigenvalue weighted by Gasteiger charge is -2.35. The lowest BCUT2D eigenvalue weighted by atomic mass is 9.77. The fraction of sp³-hybridized carbons (Fsp3) is 0.625. The Hall–Kier alpha value is -1.02. The van der Waals surface area contributed by atoms with Crippen molar-refractivity contribution in [3.8, 4) is 5.75 Å². The Labute approximate surface area is 111 Å². The maximum Gasteiger partial charge on any atom is 0.119 e. The molecule has 0 spiro atoms. The Bertz CT molecular complexity index is 343. The highest BCUT2D eigenvalue weighted by Gasteiger charge is 2.27. The highest BCUT2D eigenvalue weighted by Crippen LogP contribution is 2.38. The smallest absolute Gasteiger partial charge is 0.119 e. The monoisotopic (exact) mass is 247 g/mol. The summed E-state index contributed by atoms with van der Waals surface area (Å²) in [5, 5.41) is 3.70. The fourth-order valence-corrected chi connectivity index (χ4v) is 2.57. The molecule has 1 aliphatic rings. The highest BCUT2D eigenvalue weighted by atomic mass is 16.5. The molecule has 1 atom stereocenters. The molecule has 0 saturated heterocycles. The number of nitrogens with one attached hydrogen (secondary N) is 1. The summed E-state index contributed by atoms with van der Waals surface area (Å²) in [6.07, 6.45) is 5.33. The van der Waals surface area contributed by atoms with Gasteiger partial charge in [0, 0.05) is 6.04 Å². The predicted molar refractivity (Wildman–Crippen MR) is 76.0 cm³/mol. The summed E-state index contributed by atoms with van der Waals surface area (Å²) >= 11 is 0. The Morgan fingerprint density at radius 2 is 1.94 bits per heavy atom. The van der Waals surface area contributed by atoms with Gasteiger partial charge in [0.1, 0.15) is 5.75 Å². The Balaban J connectivity index is 2.03. The predicted octanol–water partition coefficient (Wildman–Crippen LogP) is 3.93. The summed E-state index contributed by atoms with van der Waals surface area (Å²) in [6, 6.07) is 9.16. The van der Waals surface area contributed by atoms with Crippen LogP contribution in [0.1, 0.15) is 51.1 Å². The first kappa shape index (κ1) is 13.4. The number of ether oxygens (including phenoxy) is 1. The van der Waals surface area contributed by atoms with Crippen LogP contribution < -0.4 is 10.1 Å². The van der Waals surface area contributed by atoms with Gasteiger partial charge in [0.05, 0.1) is 6.61 Å². The van der Waals surface area contributed by atoms with Gasteiger partial charge in [-0.1, -0.05) is 25.5 Å². The molecule has 1 fully saturated rings. The summed E-state index contributed by atoms with van der Waals surface area (Å²) in [5.74, 6) is 1.80. The van der Waals surface area contributed by atoms with E-state index in [2.05, 4.69) is 36.5 Å². The zero-order chi connectivity index (χ0) is 12.8. The van der Waals surface area contributed by atoms with Gasteiger partial charge in [-0.05, 0) is 56.3 Å². The minimum atomic E-state index is 0.536. The van der Waals surface area contributed by atoms with Gasteiger partial charge in [-0.25, -0.2) is 0 Å². The van der Waals surface area contributed by atoms with E-state index in [1.807, 2.05) is 6.92 Å². The van der Waals surface area contributed by atoms with Crippen LogP contribution in [-0.2, 0) is 0 Å². The number of benzene rings is 1. The second-order valence-corrected chi connectivity index (χ2v) is 5.12. The second kappa shape index (κ2) is 6.79. The van der Waals surface area contributed by atoms with Crippen LogP contribution in [0.5, 0.6) is 5.75 Å². The van der Waals surface area contributed by atoms with Crippen molar-refractivity contribution in [2.24, 2.45) is 5.92 Å². The first-order valence-corrected chi connectivity index (χ1v) is 7.31. The van der Waals surface area contributed by atoms with Crippen molar-refractivity contribution in [1.29, 1.82) is 0 Å². The van der Waals surface area contributed by atoms with Crippen molar-refractivity contribution in [1.82, 2.24) is 5.32 Å². The van der Waals surface area contributed by atoms with Gasteiger partial charge in [0.25, 0.3) is 0 Å². The second-order valence-electron chi connectivity index (χ2n) is 5.12.